The molecule has 0 saturated heterocycles. The van der Waals surface area contributed by atoms with Crippen molar-refractivity contribution in [1.82, 2.24) is 15.3 Å². The van der Waals surface area contributed by atoms with E-state index < -0.39 is 0 Å². The van der Waals surface area contributed by atoms with E-state index in [2.05, 4.69) is 20.6 Å². The molecule has 1 aliphatic rings. The number of anilines is 1. The van der Waals surface area contributed by atoms with Gasteiger partial charge >= 0.3 is 0 Å². The fourth-order valence-electron chi connectivity index (χ4n) is 3.36. The molecule has 0 aliphatic carbocycles. The van der Waals surface area contributed by atoms with E-state index in [4.69, 9.17) is 21.7 Å². The topological polar surface area (TPSA) is 88.3 Å². The number of ether oxygens (including phenoxy) is 2. The normalized spacial score (nSPS) is 12.4. The van der Waals surface area contributed by atoms with E-state index in [0.29, 0.717) is 30.3 Å². The van der Waals surface area contributed by atoms with Crippen molar-refractivity contribution in [2.45, 2.75) is 0 Å². The van der Waals surface area contributed by atoms with Crippen molar-refractivity contribution < 1.29 is 14.3 Å². The molecule has 0 atom stereocenters. The average molecular weight is 430 g/mol. The summed E-state index contributed by atoms with van der Waals surface area (Å²) in [6.07, 6.45) is 0. The predicted octanol–water partition coefficient (Wildman–Crippen LogP) is 4.13. The van der Waals surface area contributed by atoms with Crippen LogP contribution in [-0.2, 0) is 0 Å². The number of hydrogen-bond acceptors (Lipinski definition) is 5. The number of fused-ring (bicyclic) bond motifs is 2. The lowest BCUT2D eigenvalue weighted by molar-refractivity contribution is 0.0976. The maximum absolute atomic E-state index is 12.6. The summed E-state index contributed by atoms with van der Waals surface area (Å²) in [5, 5.41) is 5.94. The van der Waals surface area contributed by atoms with Gasteiger partial charge in [-0.3, -0.25) is 10.1 Å². The highest BCUT2D eigenvalue weighted by atomic mass is 32.1. The molecule has 1 aliphatic heterocycles. The van der Waals surface area contributed by atoms with Crippen molar-refractivity contribution in [1.29, 1.82) is 0 Å². The monoisotopic (exact) mass is 430 g/mol. The summed E-state index contributed by atoms with van der Waals surface area (Å²) in [6, 6.07) is 20.5. The predicted molar refractivity (Wildman–Crippen MR) is 123 cm³/mol. The molecule has 0 spiro atoms. The zero-order valence-electron chi connectivity index (χ0n) is 16.3. The fourth-order valence-corrected chi connectivity index (χ4v) is 3.57. The molecule has 3 aromatic carbocycles. The molecule has 1 aromatic heterocycles. The van der Waals surface area contributed by atoms with Crippen molar-refractivity contribution >= 4 is 40.0 Å². The van der Waals surface area contributed by atoms with Crippen LogP contribution < -0.4 is 20.1 Å². The van der Waals surface area contributed by atoms with Crippen molar-refractivity contribution in [3.05, 3.63) is 72.3 Å². The Morgan fingerprint density at radius 3 is 2.68 bits per heavy atom. The Labute approximate surface area is 183 Å². The minimum Gasteiger partial charge on any atom is -0.486 e. The number of benzene rings is 3. The average Bonchev–Trinajstić information content (AvgIpc) is 3.23. The minimum absolute atomic E-state index is 0.196. The van der Waals surface area contributed by atoms with Crippen LogP contribution in [0.2, 0.25) is 0 Å². The third-order valence-corrected chi connectivity index (χ3v) is 5.02. The Balaban J connectivity index is 1.28. The number of nitrogens with zero attached hydrogens (tertiary/aromatic N) is 1. The largest absolute Gasteiger partial charge is 0.486 e. The van der Waals surface area contributed by atoms with Crippen LogP contribution >= 0.6 is 12.2 Å². The van der Waals surface area contributed by atoms with Gasteiger partial charge in [0.1, 0.15) is 19.0 Å². The van der Waals surface area contributed by atoms with E-state index in [1.54, 1.807) is 18.2 Å². The second-order valence-electron chi connectivity index (χ2n) is 6.95. The molecule has 3 N–H and O–H groups in total. The summed E-state index contributed by atoms with van der Waals surface area (Å²) in [5.41, 5.74) is 3.95. The molecule has 4 aromatic rings. The van der Waals surface area contributed by atoms with Crippen LogP contribution in [0.15, 0.2) is 66.7 Å². The second kappa shape index (κ2) is 8.08. The van der Waals surface area contributed by atoms with Gasteiger partial charge in [0.2, 0.25) is 0 Å². The fraction of sp³-hybridized carbons (Fsp3) is 0.0870. The van der Waals surface area contributed by atoms with Crippen molar-refractivity contribution in [3.8, 4) is 22.9 Å². The van der Waals surface area contributed by atoms with E-state index in [-0.39, 0.29) is 11.0 Å². The lowest BCUT2D eigenvalue weighted by Crippen LogP contribution is -2.34. The Bertz CT molecular complexity index is 1270. The first-order valence-electron chi connectivity index (χ1n) is 9.73. The first kappa shape index (κ1) is 19.1. The maximum atomic E-state index is 12.6. The summed E-state index contributed by atoms with van der Waals surface area (Å²) < 4.78 is 11.0. The third-order valence-electron chi connectivity index (χ3n) is 4.81. The number of para-hydroxylation sites is 2. The van der Waals surface area contributed by atoms with Gasteiger partial charge in [-0.2, -0.15) is 0 Å². The molecule has 31 heavy (non-hydrogen) atoms. The number of imidazole rings is 1. The van der Waals surface area contributed by atoms with Crippen molar-refractivity contribution in [2.24, 2.45) is 0 Å². The maximum Gasteiger partial charge on any atom is 0.257 e. The number of carbonyl (C=O) groups is 1. The second-order valence-corrected chi connectivity index (χ2v) is 7.36. The Morgan fingerprint density at radius 1 is 0.968 bits per heavy atom. The van der Waals surface area contributed by atoms with Crippen LogP contribution in [0.3, 0.4) is 0 Å². The van der Waals surface area contributed by atoms with Gasteiger partial charge in [-0.25, -0.2) is 4.98 Å². The van der Waals surface area contributed by atoms with Gasteiger partial charge in [-0.05, 0) is 54.7 Å². The van der Waals surface area contributed by atoms with E-state index in [9.17, 15) is 4.79 Å². The standard InChI is InChI=1S/C23H18N4O3S/c28-22(15-8-9-19-20(13-15)30-11-10-29-19)27-23(31)24-16-5-3-4-14(12-16)21-25-17-6-1-2-7-18(17)26-21/h1-9,12-13H,10-11H2,(H,25,26)(H2,24,27,28,31). The highest BCUT2D eigenvalue weighted by Crippen LogP contribution is 2.30. The van der Waals surface area contributed by atoms with E-state index in [1.807, 2.05) is 48.5 Å². The Morgan fingerprint density at radius 2 is 1.81 bits per heavy atom. The molecule has 0 saturated carbocycles. The Hall–Kier alpha value is -3.91. The van der Waals surface area contributed by atoms with Crippen LogP contribution in [0.4, 0.5) is 5.69 Å². The zero-order valence-corrected chi connectivity index (χ0v) is 17.2. The summed E-state index contributed by atoms with van der Waals surface area (Å²) in [5.74, 6) is 1.61. The molecule has 0 unspecified atom stereocenters. The number of aromatic amines is 1. The van der Waals surface area contributed by atoms with Crippen LogP contribution in [-0.4, -0.2) is 34.2 Å². The lowest BCUT2D eigenvalue weighted by Gasteiger charge is -2.18. The first-order valence-corrected chi connectivity index (χ1v) is 10.1. The zero-order chi connectivity index (χ0) is 21.2. The van der Waals surface area contributed by atoms with Crippen LogP contribution in [0, 0.1) is 0 Å². The number of carbonyl (C=O) groups excluding carboxylic acids is 1. The number of amides is 1. The number of thiocarbonyl (C=S) groups is 1. The van der Waals surface area contributed by atoms with Gasteiger partial charge in [0.05, 0.1) is 11.0 Å². The van der Waals surface area contributed by atoms with Gasteiger partial charge in [0.15, 0.2) is 16.6 Å². The highest BCUT2D eigenvalue weighted by molar-refractivity contribution is 7.80. The van der Waals surface area contributed by atoms with E-state index in [0.717, 1.165) is 28.1 Å². The Kier molecular flexibility index (Phi) is 4.97. The van der Waals surface area contributed by atoms with E-state index >= 15 is 0 Å². The summed E-state index contributed by atoms with van der Waals surface area (Å²) in [6.45, 7) is 0.958. The number of H-pyrrole nitrogens is 1. The number of nitrogens with one attached hydrogen (secondary N) is 3. The van der Waals surface area contributed by atoms with Crippen molar-refractivity contribution in [3.63, 3.8) is 0 Å². The minimum atomic E-state index is -0.331. The molecule has 7 nitrogen and oxygen atoms in total. The molecule has 2 heterocycles. The van der Waals surface area contributed by atoms with Gasteiger partial charge in [0.25, 0.3) is 5.91 Å². The number of rotatable bonds is 3. The SMILES string of the molecule is O=C(NC(=S)Nc1cccc(-c2nc3ccccc3[nH]2)c1)c1ccc2c(c1)OCCO2. The van der Waals surface area contributed by atoms with Crippen LogP contribution in [0.25, 0.3) is 22.4 Å². The van der Waals surface area contributed by atoms with Gasteiger partial charge in [0, 0.05) is 16.8 Å². The van der Waals surface area contributed by atoms with Gasteiger partial charge < -0.3 is 19.8 Å². The molecule has 1 amide bonds. The molecule has 5 rings (SSSR count). The number of hydrogen-bond donors (Lipinski definition) is 3. The number of aromatic nitrogens is 2. The smallest absolute Gasteiger partial charge is 0.257 e. The van der Waals surface area contributed by atoms with Crippen molar-refractivity contribution in [2.75, 3.05) is 18.5 Å². The molecular weight excluding hydrogens is 412 g/mol. The third kappa shape index (κ3) is 4.06. The molecule has 0 radical (unpaired) electrons. The highest BCUT2D eigenvalue weighted by Gasteiger charge is 2.16. The molecule has 154 valence electrons. The van der Waals surface area contributed by atoms with E-state index in [1.165, 1.54) is 0 Å². The molecular formula is C23H18N4O3S. The first-order chi connectivity index (χ1) is 15.2. The summed E-state index contributed by atoms with van der Waals surface area (Å²) in [7, 11) is 0. The molecule has 0 bridgehead atoms. The summed E-state index contributed by atoms with van der Waals surface area (Å²) >= 11 is 5.32. The molecule has 0 fully saturated rings. The van der Waals surface area contributed by atoms with Gasteiger partial charge in [-0.15, -0.1) is 0 Å². The van der Waals surface area contributed by atoms with Crippen LogP contribution in [0.5, 0.6) is 11.5 Å². The van der Waals surface area contributed by atoms with Crippen LogP contribution in [0.1, 0.15) is 10.4 Å². The van der Waals surface area contributed by atoms with Gasteiger partial charge in [-0.1, -0.05) is 24.3 Å². The quantitative estimate of drug-likeness (QED) is 0.424. The molecule has 8 heteroatoms. The lowest BCUT2D eigenvalue weighted by atomic mass is 10.2. The summed E-state index contributed by atoms with van der Waals surface area (Å²) in [4.78, 5) is 20.5.